The van der Waals surface area contributed by atoms with Gasteiger partial charge in [0.25, 0.3) is 0 Å². The standard InChI is InChI=1S/C11H16BrN.ClH/c1-11(2,3)13-8-9-6-4-5-7-10(9)12;/h4-7,13H,8H2,1-3H3;1H. The number of nitrogens with one attached hydrogen (secondary N) is 1. The zero-order valence-corrected chi connectivity index (χ0v) is 11.2. The Hall–Kier alpha value is -0.0500. The second-order valence-electron chi connectivity index (χ2n) is 4.19. The van der Waals surface area contributed by atoms with Crippen molar-refractivity contribution in [2.24, 2.45) is 0 Å². The van der Waals surface area contributed by atoms with Gasteiger partial charge in [-0.15, -0.1) is 12.4 Å². The highest BCUT2D eigenvalue weighted by Crippen LogP contribution is 2.16. The molecular formula is C11H17BrClN. The first-order valence-corrected chi connectivity index (χ1v) is 5.27. The van der Waals surface area contributed by atoms with Crippen molar-refractivity contribution in [2.75, 3.05) is 0 Å². The Morgan fingerprint density at radius 2 is 1.79 bits per heavy atom. The molecular weight excluding hydrogens is 261 g/mol. The molecule has 0 heterocycles. The molecule has 0 saturated heterocycles. The Morgan fingerprint density at radius 1 is 1.21 bits per heavy atom. The van der Waals surface area contributed by atoms with E-state index in [0.717, 1.165) is 6.54 Å². The van der Waals surface area contributed by atoms with E-state index in [1.165, 1.54) is 10.0 Å². The van der Waals surface area contributed by atoms with Crippen LogP contribution in [-0.4, -0.2) is 5.54 Å². The summed E-state index contributed by atoms with van der Waals surface area (Å²) in [6, 6.07) is 8.29. The first-order chi connectivity index (χ1) is 5.99. The van der Waals surface area contributed by atoms with E-state index in [2.05, 4.69) is 60.2 Å². The van der Waals surface area contributed by atoms with E-state index in [1.807, 2.05) is 6.07 Å². The fourth-order valence-corrected chi connectivity index (χ4v) is 1.43. The second kappa shape index (κ2) is 5.74. The third kappa shape index (κ3) is 4.99. The first kappa shape index (κ1) is 13.9. The summed E-state index contributed by atoms with van der Waals surface area (Å²) in [6.07, 6.45) is 0. The summed E-state index contributed by atoms with van der Waals surface area (Å²) in [7, 11) is 0. The molecule has 0 aliphatic carbocycles. The van der Waals surface area contributed by atoms with Crippen LogP contribution in [0, 0.1) is 0 Å². The molecule has 0 radical (unpaired) electrons. The minimum Gasteiger partial charge on any atom is -0.308 e. The van der Waals surface area contributed by atoms with E-state index in [0.29, 0.717) is 0 Å². The van der Waals surface area contributed by atoms with Crippen LogP contribution in [0.5, 0.6) is 0 Å². The van der Waals surface area contributed by atoms with Gasteiger partial charge >= 0.3 is 0 Å². The van der Waals surface area contributed by atoms with Gasteiger partial charge in [-0.25, -0.2) is 0 Å². The molecule has 3 heteroatoms. The van der Waals surface area contributed by atoms with Crippen molar-refractivity contribution >= 4 is 28.3 Å². The van der Waals surface area contributed by atoms with E-state index in [-0.39, 0.29) is 17.9 Å². The van der Waals surface area contributed by atoms with Crippen LogP contribution in [0.25, 0.3) is 0 Å². The molecule has 1 aromatic rings. The predicted molar refractivity (Wildman–Crippen MR) is 68.0 cm³/mol. The molecule has 80 valence electrons. The average molecular weight is 279 g/mol. The number of benzene rings is 1. The SMILES string of the molecule is CC(C)(C)NCc1ccccc1Br.Cl. The molecule has 1 rings (SSSR count). The van der Waals surface area contributed by atoms with E-state index >= 15 is 0 Å². The molecule has 1 N–H and O–H groups in total. The van der Waals surface area contributed by atoms with Crippen LogP contribution in [0.4, 0.5) is 0 Å². The van der Waals surface area contributed by atoms with Crippen LogP contribution >= 0.6 is 28.3 Å². The lowest BCUT2D eigenvalue weighted by Gasteiger charge is -2.20. The summed E-state index contributed by atoms with van der Waals surface area (Å²) < 4.78 is 1.17. The number of halogens is 2. The molecule has 0 saturated carbocycles. The smallest absolute Gasteiger partial charge is 0.0221 e. The van der Waals surface area contributed by atoms with E-state index in [4.69, 9.17) is 0 Å². The van der Waals surface area contributed by atoms with Crippen LogP contribution in [0.3, 0.4) is 0 Å². The lowest BCUT2D eigenvalue weighted by Crippen LogP contribution is -2.35. The quantitative estimate of drug-likeness (QED) is 0.868. The number of hydrogen-bond donors (Lipinski definition) is 1. The Balaban J connectivity index is 0.00000169. The molecule has 0 atom stereocenters. The van der Waals surface area contributed by atoms with E-state index < -0.39 is 0 Å². The monoisotopic (exact) mass is 277 g/mol. The minimum absolute atomic E-state index is 0. The topological polar surface area (TPSA) is 12.0 Å². The van der Waals surface area contributed by atoms with Crippen LogP contribution in [0.1, 0.15) is 26.3 Å². The van der Waals surface area contributed by atoms with Crippen molar-refractivity contribution in [3.8, 4) is 0 Å². The van der Waals surface area contributed by atoms with Crippen molar-refractivity contribution < 1.29 is 0 Å². The summed E-state index contributed by atoms with van der Waals surface area (Å²) in [6.45, 7) is 7.42. The Kier molecular flexibility index (Phi) is 5.72. The van der Waals surface area contributed by atoms with Gasteiger partial charge in [0.15, 0.2) is 0 Å². The van der Waals surface area contributed by atoms with Gasteiger partial charge in [0, 0.05) is 16.6 Å². The molecule has 0 aliphatic rings. The van der Waals surface area contributed by atoms with E-state index in [1.54, 1.807) is 0 Å². The lowest BCUT2D eigenvalue weighted by atomic mass is 10.1. The van der Waals surface area contributed by atoms with Crippen molar-refractivity contribution in [1.82, 2.24) is 5.32 Å². The van der Waals surface area contributed by atoms with Gasteiger partial charge < -0.3 is 5.32 Å². The Labute approximate surface area is 101 Å². The minimum atomic E-state index is 0. The summed E-state index contributed by atoms with van der Waals surface area (Å²) in [5, 5.41) is 3.45. The van der Waals surface area contributed by atoms with Crippen molar-refractivity contribution in [3.05, 3.63) is 34.3 Å². The zero-order chi connectivity index (χ0) is 9.90. The molecule has 0 fully saturated rings. The maximum atomic E-state index is 3.52. The van der Waals surface area contributed by atoms with Crippen LogP contribution < -0.4 is 5.32 Å². The van der Waals surface area contributed by atoms with E-state index in [9.17, 15) is 0 Å². The van der Waals surface area contributed by atoms with Gasteiger partial charge in [-0.05, 0) is 32.4 Å². The highest BCUT2D eigenvalue weighted by Gasteiger charge is 2.08. The molecule has 1 nitrogen and oxygen atoms in total. The summed E-state index contributed by atoms with van der Waals surface area (Å²) >= 11 is 3.52. The maximum Gasteiger partial charge on any atom is 0.0221 e. The van der Waals surface area contributed by atoms with Gasteiger partial charge in [0.1, 0.15) is 0 Å². The highest BCUT2D eigenvalue weighted by atomic mass is 79.9. The zero-order valence-electron chi connectivity index (χ0n) is 8.80. The van der Waals surface area contributed by atoms with Crippen molar-refractivity contribution in [2.45, 2.75) is 32.9 Å². The Bertz CT molecular complexity index is 281. The molecule has 14 heavy (non-hydrogen) atoms. The highest BCUT2D eigenvalue weighted by molar-refractivity contribution is 9.10. The normalized spacial score (nSPS) is 10.9. The molecule has 0 unspecified atom stereocenters. The van der Waals surface area contributed by atoms with Gasteiger partial charge in [0.2, 0.25) is 0 Å². The van der Waals surface area contributed by atoms with Crippen molar-refractivity contribution in [3.63, 3.8) is 0 Å². The predicted octanol–water partition coefficient (Wildman–Crippen LogP) is 3.76. The van der Waals surface area contributed by atoms with Crippen molar-refractivity contribution in [1.29, 1.82) is 0 Å². The summed E-state index contributed by atoms with van der Waals surface area (Å²) in [5.41, 5.74) is 1.48. The summed E-state index contributed by atoms with van der Waals surface area (Å²) in [5.74, 6) is 0. The molecule has 0 aliphatic heterocycles. The molecule has 0 spiro atoms. The lowest BCUT2D eigenvalue weighted by molar-refractivity contribution is 0.424. The third-order valence-electron chi connectivity index (χ3n) is 1.77. The average Bonchev–Trinajstić information content (AvgIpc) is 2.01. The van der Waals surface area contributed by atoms with Gasteiger partial charge in [-0.3, -0.25) is 0 Å². The van der Waals surface area contributed by atoms with Gasteiger partial charge in [-0.1, -0.05) is 34.1 Å². The summed E-state index contributed by atoms with van der Waals surface area (Å²) in [4.78, 5) is 0. The maximum absolute atomic E-state index is 3.52. The fourth-order valence-electron chi connectivity index (χ4n) is 1.00. The molecule has 0 amide bonds. The Morgan fingerprint density at radius 3 is 2.29 bits per heavy atom. The number of rotatable bonds is 2. The molecule has 1 aromatic carbocycles. The second-order valence-corrected chi connectivity index (χ2v) is 5.05. The van der Waals surface area contributed by atoms with Gasteiger partial charge in [-0.2, -0.15) is 0 Å². The first-order valence-electron chi connectivity index (χ1n) is 4.47. The fraction of sp³-hybridized carbons (Fsp3) is 0.455. The third-order valence-corrected chi connectivity index (χ3v) is 2.54. The largest absolute Gasteiger partial charge is 0.308 e. The van der Waals surface area contributed by atoms with Crippen LogP contribution in [-0.2, 0) is 6.54 Å². The van der Waals surface area contributed by atoms with Gasteiger partial charge in [0.05, 0.1) is 0 Å². The van der Waals surface area contributed by atoms with Crippen LogP contribution in [0.15, 0.2) is 28.7 Å². The molecule has 0 aromatic heterocycles. The van der Waals surface area contributed by atoms with Crippen LogP contribution in [0.2, 0.25) is 0 Å². The number of hydrogen-bond acceptors (Lipinski definition) is 1. The molecule has 0 bridgehead atoms.